The van der Waals surface area contributed by atoms with Crippen molar-refractivity contribution in [1.29, 1.82) is 0 Å². The largest absolute Gasteiger partial charge is 0.372 e. The van der Waals surface area contributed by atoms with Gasteiger partial charge in [-0.1, -0.05) is 24.3 Å². The lowest BCUT2D eigenvalue weighted by Crippen LogP contribution is -2.35. The third-order valence-corrected chi connectivity index (χ3v) is 5.00. The number of piperidine rings is 1. The first kappa shape index (κ1) is 15.9. The molecule has 1 atom stereocenters. The molecule has 0 spiro atoms. The standard InChI is InChI=1S/C21H23N3O/c25-21-14-16-6-2-3-7-19(16)20(23-21)15-22-17-8-10-18(11-9-17)24-12-4-1-5-13-24/h2-3,6-11,15,20H,1,4-5,12-14H2,(H,23,25). The van der Waals surface area contributed by atoms with Crippen molar-refractivity contribution in [3.05, 3.63) is 59.7 Å². The molecule has 4 rings (SSSR count). The Morgan fingerprint density at radius 3 is 2.56 bits per heavy atom. The number of aliphatic imine (C=N–C) groups is 1. The summed E-state index contributed by atoms with van der Waals surface area (Å²) in [6, 6.07) is 16.3. The average Bonchev–Trinajstić information content (AvgIpc) is 2.67. The average molecular weight is 333 g/mol. The van der Waals surface area contributed by atoms with Gasteiger partial charge in [0.15, 0.2) is 0 Å². The van der Waals surface area contributed by atoms with Gasteiger partial charge in [0.25, 0.3) is 0 Å². The van der Waals surface area contributed by atoms with Crippen LogP contribution in [-0.2, 0) is 11.2 Å². The van der Waals surface area contributed by atoms with Crippen molar-refractivity contribution < 1.29 is 4.79 Å². The second-order valence-corrected chi connectivity index (χ2v) is 6.76. The van der Waals surface area contributed by atoms with Gasteiger partial charge < -0.3 is 10.2 Å². The molecule has 0 aliphatic carbocycles. The van der Waals surface area contributed by atoms with Gasteiger partial charge in [-0.2, -0.15) is 0 Å². The maximum Gasteiger partial charge on any atom is 0.225 e. The number of hydrogen-bond acceptors (Lipinski definition) is 3. The number of carbonyl (C=O) groups is 1. The molecular formula is C21H23N3O. The monoisotopic (exact) mass is 333 g/mol. The summed E-state index contributed by atoms with van der Waals surface area (Å²) in [6.45, 7) is 2.29. The minimum Gasteiger partial charge on any atom is -0.372 e. The number of anilines is 1. The highest BCUT2D eigenvalue weighted by Gasteiger charge is 2.22. The molecule has 1 unspecified atom stereocenters. The van der Waals surface area contributed by atoms with Crippen LogP contribution in [-0.4, -0.2) is 25.2 Å². The highest BCUT2D eigenvalue weighted by Crippen LogP contribution is 2.25. The molecule has 25 heavy (non-hydrogen) atoms. The topological polar surface area (TPSA) is 44.7 Å². The van der Waals surface area contributed by atoms with Gasteiger partial charge in [0.05, 0.1) is 18.2 Å². The van der Waals surface area contributed by atoms with E-state index in [1.807, 2.05) is 24.4 Å². The summed E-state index contributed by atoms with van der Waals surface area (Å²) in [5.41, 5.74) is 4.41. The molecule has 2 aliphatic rings. The maximum absolute atomic E-state index is 11.9. The van der Waals surface area contributed by atoms with Crippen LogP contribution in [0.15, 0.2) is 53.5 Å². The summed E-state index contributed by atoms with van der Waals surface area (Å²) in [5.74, 6) is 0.0515. The molecular weight excluding hydrogens is 310 g/mol. The Bertz CT molecular complexity index is 776. The Balaban J connectivity index is 1.49. The van der Waals surface area contributed by atoms with E-state index in [4.69, 9.17) is 0 Å². The summed E-state index contributed by atoms with van der Waals surface area (Å²) in [5, 5.41) is 3.01. The summed E-state index contributed by atoms with van der Waals surface area (Å²) >= 11 is 0. The fraction of sp³-hybridized carbons (Fsp3) is 0.333. The van der Waals surface area contributed by atoms with E-state index in [9.17, 15) is 4.79 Å². The van der Waals surface area contributed by atoms with Crippen molar-refractivity contribution in [2.24, 2.45) is 4.99 Å². The van der Waals surface area contributed by atoms with Crippen LogP contribution in [0.1, 0.15) is 36.4 Å². The van der Waals surface area contributed by atoms with Gasteiger partial charge in [-0.05, 0) is 54.7 Å². The number of rotatable bonds is 3. The van der Waals surface area contributed by atoms with Crippen molar-refractivity contribution in [2.45, 2.75) is 31.7 Å². The van der Waals surface area contributed by atoms with E-state index in [0.29, 0.717) is 6.42 Å². The molecule has 2 aliphatic heterocycles. The summed E-state index contributed by atoms with van der Waals surface area (Å²) in [4.78, 5) is 18.9. The highest BCUT2D eigenvalue weighted by atomic mass is 16.1. The molecule has 4 nitrogen and oxygen atoms in total. The number of nitrogens with one attached hydrogen (secondary N) is 1. The number of nitrogens with zero attached hydrogens (tertiary/aromatic N) is 2. The zero-order valence-electron chi connectivity index (χ0n) is 14.3. The van der Waals surface area contributed by atoms with Crippen molar-refractivity contribution in [2.75, 3.05) is 18.0 Å². The first-order chi connectivity index (χ1) is 12.3. The Morgan fingerprint density at radius 2 is 1.76 bits per heavy atom. The number of carbonyl (C=O) groups excluding carboxylic acids is 1. The summed E-state index contributed by atoms with van der Waals surface area (Å²) in [6.07, 6.45) is 6.19. The smallest absolute Gasteiger partial charge is 0.225 e. The fourth-order valence-electron chi connectivity index (χ4n) is 3.65. The normalized spacial score (nSPS) is 20.4. The van der Waals surface area contributed by atoms with Crippen molar-refractivity contribution in [3.8, 4) is 0 Å². The Kier molecular flexibility index (Phi) is 4.51. The van der Waals surface area contributed by atoms with E-state index < -0.39 is 0 Å². The zero-order valence-corrected chi connectivity index (χ0v) is 14.3. The van der Waals surface area contributed by atoms with Gasteiger partial charge >= 0.3 is 0 Å². The lowest BCUT2D eigenvalue weighted by Gasteiger charge is -2.28. The zero-order chi connectivity index (χ0) is 17.1. The van der Waals surface area contributed by atoms with Crippen LogP contribution in [0.4, 0.5) is 11.4 Å². The van der Waals surface area contributed by atoms with Gasteiger partial charge in [0.2, 0.25) is 5.91 Å². The predicted octanol–water partition coefficient (Wildman–Crippen LogP) is 3.79. The van der Waals surface area contributed by atoms with Crippen LogP contribution in [0.5, 0.6) is 0 Å². The lowest BCUT2D eigenvalue weighted by atomic mass is 9.94. The second-order valence-electron chi connectivity index (χ2n) is 6.76. The molecule has 1 saturated heterocycles. The molecule has 1 fully saturated rings. The van der Waals surface area contributed by atoms with E-state index >= 15 is 0 Å². The van der Waals surface area contributed by atoms with Crippen molar-refractivity contribution in [1.82, 2.24) is 5.32 Å². The summed E-state index contributed by atoms with van der Waals surface area (Å²) < 4.78 is 0. The number of hydrogen-bond donors (Lipinski definition) is 1. The van der Waals surface area contributed by atoms with Gasteiger partial charge in [-0.15, -0.1) is 0 Å². The van der Waals surface area contributed by atoms with E-state index in [0.717, 1.165) is 29.9 Å². The molecule has 0 aromatic heterocycles. The van der Waals surface area contributed by atoms with E-state index in [1.165, 1.54) is 24.9 Å². The van der Waals surface area contributed by atoms with Crippen LogP contribution in [0, 0.1) is 0 Å². The molecule has 1 amide bonds. The predicted molar refractivity (Wildman–Crippen MR) is 102 cm³/mol. The Morgan fingerprint density at radius 1 is 1.00 bits per heavy atom. The highest BCUT2D eigenvalue weighted by molar-refractivity contribution is 5.87. The number of fused-ring (bicyclic) bond motifs is 1. The molecule has 1 N–H and O–H groups in total. The minimum absolute atomic E-state index is 0.0515. The molecule has 4 heteroatoms. The van der Waals surface area contributed by atoms with E-state index in [2.05, 4.69) is 45.5 Å². The molecule has 2 heterocycles. The van der Waals surface area contributed by atoms with E-state index in [-0.39, 0.29) is 11.9 Å². The van der Waals surface area contributed by atoms with Crippen LogP contribution in [0.3, 0.4) is 0 Å². The third kappa shape index (κ3) is 3.58. The first-order valence-corrected chi connectivity index (χ1v) is 9.06. The number of benzene rings is 2. The Hall–Kier alpha value is -2.62. The molecule has 0 saturated carbocycles. The molecule has 0 radical (unpaired) electrons. The van der Waals surface area contributed by atoms with Crippen LogP contribution >= 0.6 is 0 Å². The quantitative estimate of drug-likeness (QED) is 0.869. The first-order valence-electron chi connectivity index (χ1n) is 9.06. The van der Waals surface area contributed by atoms with Crippen molar-refractivity contribution in [3.63, 3.8) is 0 Å². The SMILES string of the molecule is O=C1Cc2ccccc2C(C=Nc2ccc(N3CCCCC3)cc2)N1. The van der Waals surface area contributed by atoms with Gasteiger partial charge in [0.1, 0.15) is 0 Å². The summed E-state index contributed by atoms with van der Waals surface area (Å²) in [7, 11) is 0. The van der Waals surface area contributed by atoms with Crippen LogP contribution < -0.4 is 10.2 Å². The van der Waals surface area contributed by atoms with E-state index in [1.54, 1.807) is 0 Å². The molecule has 2 aromatic rings. The fourth-order valence-corrected chi connectivity index (χ4v) is 3.65. The Labute approximate surface area is 148 Å². The molecule has 128 valence electrons. The lowest BCUT2D eigenvalue weighted by molar-refractivity contribution is -0.121. The molecule has 2 aromatic carbocycles. The van der Waals surface area contributed by atoms with Gasteiger partial charge in [-0.25, -0.2) is 0 Å². The third-order valence-electron chi connectivity index (χ3n) is 5.00. The van der Waals surface area contributed by atoms with Crippen LogP contribution in [0.25, 0.3) is 0 Å². The van der Waals surface area contributed by atoms with Crippen molar-refractivity contribution >= 4 is 23.5 Å². The minimum atomic E-state index is -0.153. The maximum atomic E-state index is 11.9. The number of amides is 1. The van der Waals surface area contributed by atoms with Gasteiger partial charge in [0, 0.05) is 25.0 Å². The second kappa shape index (κ2) is 7.09. The van der Waals surface area contributed by atoms with Gasteiger partial charge in [-0.3, -0.25) is 9.79 Å². The van der Waals surface area contributed by atoms with Crippen LogP contribution in [0.2, 0.25) is 0 Å². The molecule has 0 bridgehead atoms.